The van der Waals surface area contributed by atoms with E-state index in [9.17, 15) is 0 Å². The van der Waals surface area contributed by atoms with Crippen LogP contribution in [0.2, 0.25) is 0 Å². The van der Waals surface area contributed by atoms with Gasteiger partial charge in [0.15, 0.2) is 0 Å². The third kappa shape index (κ3) is 1.43. The van der Waals surface area contributed by atoms with Crippen molar-refractivity contribution in [3.05, 3.63) is 5.92 Å². The predicted molar refractivity (Wildman–Crippen MR) is 36.6 cm³/mol. The highest BCUT2D eigenvalue weighted by atomic mass is 14.2. The fourth-order valence-corrected chi connectivity index (χ4v) is 1.48. The third-order valence-electron chi connectivity index (χ3n) is 1.91. The molecule has 1 aliphatic carbocycles. The minimum Gasteiger partial charge on any atom is -0.0613 e. The number of hydrogen-bond donors (Lipinski definition) is 0. The summed E-state index contributed by atoms with van der Waals surface area (Å²) in [4.78, 5) is 0. The van der Waals surface area contributed by atoms with Crippen LogP contribution in [0.25, 0.3) is 0 Å². The Morgan fingerprint density at radius 2 is 1.88 bits per heavy atom. The summed E-state index contributed by atoms with van der Waals surface area (Å²) in [6.07, 6.45) is 8.57. The van der Waals surface area contributed by atoms with Crippen LogP contribution >= 0.6 is 0 Å². The molecule has 0 aromatic heterocycles. The molecule has 46 valence electrons. The van der Waals surface area contributed by atoms with Crippen LogP contribution in [0, 0.1) is 5.92 Å². The topological polar surface area (TPSA) is 0 Å². The quantitative estimate of drug-likeness (QED) is 0.480. The van der Waals surface area contributed by atoms with Crippen molar-refractivity contribution < 1.29 is 0 Å². The molecular formula is C8H15+. The summed E-state index contributed by atoms with van der Waals surface area (Å²) in [6, 6.07) is 0. The first-order valence-electron chi connectivity index (χ1n) is 3.77. The maximum Gasteiger partial charge on any atom is 0.0904 e. The average molecular weight is 111 g/mol. The standard InChI is InChI=1S/C8H15/c1-2-5-8-6-3-4-7-8/h2-7H2,1H3/q+1. The monoisotopic (exact) mass is 111 g/mol. The smallest absolute Gasteiger partial charge is 0.0613 e. The van der Waals surface area contributed by atoms with Gasteiger partial charge in [-0.15, -0.1) is 0 Å². The lowest BCUT2D eigenvalue weighted by Gasteiger charge is -1.91. The molecule has 1 aliphatic rings. The normalized spacial score (nSPS) is 19.9. The minimum absolute atomic E-state index is 1.36. The molecule has 0 heteroatoms. The molecule has 0 spiro atoms. The Balaban J connectivity index is 2.06. The van der Waals surface area contributed by atoms with Crippen molar-refractivity contribution in [2.75, 3.05) is 0 Å². The van der Waals surface area contributed by atoms with Crippen LogP contribution in [0.4, 0.5) is 0 Å². The first-order valence-corrected chi connectivity index (χ1v) is 3.77. The highest BCUT2D eigenvalue weighted by molar-refractivity contribution is 4.93. The average Bonchev–Trinajstić information content (AvgIpc) is 2.19. The number of rotatable bonds is 2. The molecule has 0 N–H and O–H groups in total. The van der Waals surface area contributed by atoms with Gasteiger partial charge in [-0.1, -0.05) is 6.92 Å². The van der Waals surface area contributed by atoms with Crippen molar-refractivity contribution >= 4 is 0 Å². The molecular weight excluding hydrogens is 96.1 g/mol. The van der Waals surface area contributed by atoms with E-state index in [1.54, 1.807) is 0 Å². The van der Waals surface area contributed by atoms with Gasteiger partial charge in [0.1, 0.15) is 0 Å². The molecule has 0 amide bonds. The van der Waals surface area contributed by atoms with Gasteiger partial charge in [0, 0.05) is 0 Å². The summed E-state index contributed by atoms with van der Waals surface area (Å²) in [5.41, 5.74) is 0. The zero-order valence-corrected chi connectivity index (χ0v) is 5.74. The fourth-order valence-electron chi connectivity index (χ4n) is 1.48. The first kappa shape index (κ1) is 6.00. The maximum atomic E-state index is 2.27. The van der Waals surface area contributed by atoms with Crippen molar-refractivity contribution in [1.82, 2.24) is 0 Å². The molecule has 0 aliphatic heterocycles. The predicted octanol–water partition coefficient (Wildman–Crippen LogP) is 2.93. The highest BCUT2D eigenvalue weighted by Crippen LogP contribution is 2.30. The lowest BCUT2D eigenvalue weighted by atomic mass is 10.0. The zero-order valence-electron chi connectivity index (χ0n) is 5.74. The Labute approximate surface area is 52.3 Å². The molecule has 0 atom stereocenters. The van der Waals surface area contributed by atoms with E-state index >= 15 is 0 Å². The lowest BCUT2D eigenvalue weighted by molar-refractivity contribution is 0.740. The Bertz CT molecular complexity index is 51.1. The molecule has 0 heterocycles. The van der Waals surface area contributed by atoms with Gasteiger partial charge in [-0.05, 0) is 19.3 Å². The number of hydrogen-bond acceptors (Lipinski definition) is 0. The molecule has 0 saturated heterocycles. The van der Waals surface area contributed by atoms with Crippen LogP contribution in [-0.2, 0) is 0 Å². The Morgan fingerprint density at radius 3 is 2.38 bits per heavy atom. The zero-order chi connectivity index (χ0) is 5.82. The van der Waals surface area contributed by atoms with Gasteiger partial charge in [-0.25, -0.2) is 0 Å². The molecule has 0 unspecified atom stereocenters. The molecule has 1 fully saturated rings. The van der Waals surface area contributed by atoms with E-state index in [4.69, 9.17) is 0 Å². The highest BCUT2D eigenvalue weighted by Gasteiger charge is 2.23. The molecule has 0 nitrogen and oxygen atoms in total. The third-order valence-corrected chi connectivity index (χ3v) is 1.91. The molecule has 1 saturated carbocycles. The van der Waals surface area contributed by atoms with Crippen molar-refractivity contribution in [2.24, 2.45) is 0 Å². The second-order valence-corrected chi connectivity index (χ2v) is 2.71. The van der Waals surface area contributed by atoms with Gasteiger partial charge < -0.3 is 0 Å². The lowest BCUT2D eigenvalue weighted by Crippen LogP contribution is -1.86. The van der Waals surface area contributed by atoms with Crippen molar-refractivity contribution in [3.63, 3.8) is 0 Å². The SMILES string of the molecule is CCC[C+]1CCCC1. The van der Waals surface area contributed by atoms with Gasteiger partial charge in [-0.2, -0.15) is 0 Å². The summed E-state index contributed by atoms with van der Waals surface area (Å²) < 4.78 is 0. The Morgan fingerprint density at radius 1 is 1.25 bits per heavy atom. The van der Waals surface area contributed by atoms with E-state index in [0.29, 0.717) is 0 Å². The van der Waals surface area contributed by atoms with E-state index in [1.807, 2.05) is 5.92 Å². The molecule has 0 radical (unpaired) electrons. The van der Waals surface area contributed by atoms with Gasteiger partial charge in [0.05, 0.1) is 25.2 Å². The van der Waals surface area contributed by atoms with E-state index < -0.39 is 0 Å². The van der Waals surface area contributed by atoms with E-state index in [0.717, 1.165) is 0 Å². The minimum atomic E-state index is 1.36. The van der Waals surface area contributed by atoms with Gasteiger partial charge >= 0.3 is 0 Å². The Kier molecular flexibility index (Phi) is 2.26. The molecule has 0 bridgehead atoms. The van der Waals surface area contributed by atoms with Gasteiger partial charge in [0.2, 0.25) is 0 Å². The summed E-state index contributed by atoms with van der Waals surface area (Å²) in [5, 5.41) is 0. The van der Waals surface area contributed by atoms with Crippen molar-refractivity contribution in [2.45, 2.75) is 45.4 Å². The van der Waals surface area contributed by atoms with Crippen LogP contribution in [-0.4, -0.2) is 0 Å². The van der Waals surface area contributed by atoms with Crippen LogP contribution in [0.1, 0.15) is 45.4 Å². The van der Waals surface area contributed by atoms with Crippen molar-refractivity contribution in [1.29, 1.82) is 0 Å². The van der Waals surface area contributed by atoms with Gasteiger partial charge in [-0.3, -0.25) is 0 Å². The van der Waals surface area contributed by atoms with Crippen LogP contribution in [0.5, 0.6) is 0 Å². The largest absolute Gasteiger partial charge is 0.0904 e. The fraction of sp³-hybridized carbons (Fsp3) is 0.875. The summed E-state index contributed by atoms with van der Waals surface area (Å²) in [5.74, 6) is 1.83. The molecule has 0 aromatic carbocycles. The van der Waals surface area contributed by atoms with Crippen LogP contribution < -0.4 is 0 Å². The first-order chi connectivity index (χ1) is 3.93. The molecule has 1 rings (SSSR count). The second kappa shape index (κ2) is 3.01. The van der Waals surface area contributed by atoms with E-state index in [-0.39, 0.29) is 0 Å². The van der Waals surface area contributed by atoms with Crippen LogP contribution in [0.15, 0.2) is 0 Å². The van der Waals surface area contributed by atoms with Crippen molar-refractivity contribution in [3.8, 4) is 0 Å². The van der Waals surface area contributed by atoms with Gasteiger partial charge in [0.25, 0.3) is 0 Å². The molecule has 0 aromatic rings. The van der Waals surface area contributed by atoms with E-state index in [2.05, 4.69) is 6.92 Å². The summed E-state index contributed by atoms with van der Waals surface area (Å²) >= 11 is 0. The Hall–Kier alpha value is -0.130. The maximum absolute atomic E-state index is 2.27. The van der Waals surface area contributed by atoms with E-state index in [1.165, 1.54) is 38.5 Å². The summed E-state index contributed by atoms with van der Waals surface area (Å²) in [7, 11) is 0. The molecule has 8 heavy (non-hydrogen) atoms. The second-order valence-electron chi connectivity index (χ2n) is 2.71. The van der Waals surface area contributed by atoms with Crippen LogP contribution in [0.3, 0.4) is 0 Å². The summed E-state index contributed by atoms with van der Waals surface area (Å²) in [6.45, 7) is 2.27.